The highest BCUT2D eigenvalue weighted by Crippen LogP contribution is 2.31. The molecule has 0 saturated carbocycles. The van der Waals surface area contributed by atoms with Crippen LogP contribution in [-0.2, 0) is 4.79 Å². The molecule has 0 atom stereocenters. The molecule has 0 unspecified atom stereocenters. The lowest BCUT2D eigenvalue weighted by Crippen LogP contribution is -2.58. The van der Waals surface area contributed by atoms with E-state index < -0.39 is 30.3 Å². The van der Waals surface area contributed by atoms with Gasteiger partial charge in [0.2, 0.25) is 0 Å². The Labute approximate surface area is 122 Å². The first-order chi connectivity index (χ1) is 9.95. The topological polar surface area (TPSA) is 49.4 Å². The number of halogens is 2. The monoisotopic (exact) mass is 296 g/mol. The summed E-state index contributed by atoms with van der Waals surface area (Å²) < 4.78 is 25.8. The van der Waals surface area contributed by atoms with E-state index in [0.29, 0.717) is 12.8 Å². The number of nitrogens with zero attached hydrogens (tertiary/aromatic N) is 1. The highest BCUT2D eigenvalue weighted by atomic mass is 19.3. The maximum absolute atomic E-state index is 12.9. The quantitative estimate of drug-likeness (QED) is 0.928. The number of benzene rings is 1. The van der Waals surface area contributed by atoms with Crippen LogP contribution in [0.4, 0.5) is 14.5 Å². The molecule has 0 saturated heterocycles. The average Bonchev–Trinajstić information content (AvgIpc) is 2.56. The molecule has 1 N–H and O–H groups in total. The molecule has 0 fully saturated rings. The van der Waals surface area contributed by atoms with Gasteiger partial charge < -0.3 is 10.2 Å². The second-order valence-corrected chi connectivity index (χ2v) is 5.07. The van der Waals surface area contributed by atoms with E-state index in [0.717, 1.165) is 4.90 Å². The number of amides is 2. The van der Waals surface area contributed by atoms with Gasteiger partial charge in [0.15, 0.2) is 0 Å². The van der Waals surface area contributed by atoms with Crippen molar-refractivity contribution in [3.05, 3.63) is 29.8 Å². The van der Waals surface area contributed by atoms with Crippen molar-refractivity contribution >= 4 is 17.5 Å². The van der Waals surface area contributed by atoms with Crippen molar-refractivity contribution in [3.63, 3.8) is 0 Å². The number of fused-ring (bicyclic) bond motifs is 1. The summed E-state index contributed by atoms with van der Waals surface area (Å²) in [5, 5.41) is 2.73. The van der Waals surface area contributed by atoms with Gasteiger partial charge >= 0.3 is 0 Å². The van der Waals surface area contributed by atoms with Gasteiger partial charge in [0, 0.05) is 0 Å². The molecule has 21 heavy (non-hydrogen) atoms. The third-order valence-electron chi connectivity index (χ3n) is 3.97. The number of hydrogen-bond donors (Lipinski definition) is 1. The van der Waals surface area contributed by atoms with Crippen LogP contribution in [0.25, 0.3) is 0 Å². The minimum absolute atomic E-state index is 0.240. The van der Waals surface area contributed by atoms with Crippen LogP contribution < -0.4 is 10.2 Å². The van der Waals surface area contributed by atoms with Crippen LogP contribution in [0, 0.1) is 0 Å². The molecule has 1 aliphatic rings. The summed E-state index contributed by atoms with van der Waals surface area (Å²) >= 11 is 0. The maximum Gasteiger partial charge on any atom is 0.256 e. The lowest BCUT2D eigenvalue weighted by atomic mass is 9.91. The Hall–Kier alpha value is -1.98. The van der Waals surface area contributed by atoms with Gasteiger partial charge in [-0.3, -0.25) is 9.59 Å². The zero-order valence-electron chi connectivity index (χ0n) is 12.0. The lowest BCUT2D eigenvalue weighted by molar-refractivity contribution is -0.125. The number of hydrogen-bond acceptors (Lipinski definition) is 2. The van der Waals surface area contributed by atoms with E-state index in [1.165, 1.54) is 12.1 Å². The lowest BCUT2D eigenvalue weighted by Gasteiger charge is -2.33. The van der Waals surface area contributed by atoms with Crippen LogP contribution >= 0.6 is 0 Å². The van der Waals surface area contributed by atoms with Crippen molar-refractivity contribution in [2.24, 2.45) is 0 Å². The molecule has 0 aromatic heterocycles. The first-order valence-electron chi connectivity index (χ1n) is 6.97. The summed E-state index contributed by atoms with van der Waals surface area (Å²) in [5.74, 6) is -0.884. The molecule has 2 amide bonds. The summed E-state index contributed by atoms with van der Waals surface area (Å²) in [5.41, 5.74) is -0.648. The molecular formula is C15H18F2N2O2. The Balaban J connectivity index is 2.59. The van der Waals surface area contributed by atoms with Gasteiger partial charge in [-0.15, -0.1) is 0 Å². The first-order valence-corrected chi connectivity index (χ1v) is 6.97. The molecule has 1 aliphatic heterocycles. The van der Waals surface area contributed by atoms with Crippen molar-refractivity contribution in [2.45, 2.75) is 38.7 Å². The first kappa shape index (κ1) is 15.4. The zero-order valence-corrected chi connectivity index (χ0v) is 12.0. The third-order valence-corrected chi connectivity index (χ3v) is 3.97. The van der Waals surface area contributed by atoms with Crippen molar-refractivity contribution in [3.8, 4) is 0 Å². The van der Waals surface area contributed by atoms with Crippen LogP contribution in [0.3, 0.4) is 0 Å². The van der Waals surface area contributed by atoms with E-state index in [4.69, 9.17) is 0 Å². The summed E-state index contributed by atoms with van der Waals surface area (Å²) in [6.45, 7) is 2.81. The number of nitrogens with one attached hydrogen (secondary N) is 1. The Kier molecular flexibility index (Phi) is 4.25. The van der Waals surface area contributed by atoms with Gasteiger partial charge in [-0.2, -0.15) is 0 Å². The minimum Gasteiger partial charge on any atom is -0.338 e. The van der Waals surface area contributed by atoms with Crippen LogP contribution in [0.1, 0.15) is 37.0 Å². The summed E-state index contributed by atoms with van der Waals surface area (Å²) in [6.07, 6.45) is -1.97. The van der Waals surface area contributed by atoms with Crippen LogP contribution in [0.2, 0.25) is 0 Å². The molecule has 0 spiro atoms. The van der Waals surface area contributed by atoms with Crippen LogP contribution in [-0.4, -0.2) is 30.3 Å². The molecule has 0 bridgehead atoms. The fraction of sp³-hybridized carbons (Fsp3) is 0.467. The Morgan fingerprint density at radius 1 is 1.19 bits per heavy atom. The number of alkyl halides is 2. The van der Waals surface area contributed by atoms with Crippen molar-refractivity contribution in [1.82, 2.24) is 5.32 Å². The SMILES string of the molecule is CCC1(CC)NC(=O)c2ccccc2N(CC(F)F)C1=O. The van der Waals surface area contributed by atoms with E-state index in [2.05, 4.69) is 5.32 Å². The number of carbonyl (C=O) groups is 2. The molecule has 114 valence electrons. The molecule has 2 rings (SSSR count). The number of rotatable bonds is 4. The number of anilines is 1. The summed E-state index contributed by atoms with van der Waals surface area (Å²) in [7, 11) is 0. The molecule has 1 aromatic carbocycles. The predicted octanol–water partition coefficient (Wildman–Crippen LogP) is 2.59. The maximum atomic E-state index is 12.9. The Morgan fingerprint density at radius 2 is 1.81 bits per heavy atom. The predicted molar refractivity (Wildman–Crippen MR) is 75.6 cm³/mol. The highest BCUT2D eigenvalue weighted by molar-refractivity contribution is 6.12. The van der Waals surface area contributed by atoms with Gasteiger partial charge in [-0.1, -0.05) is 26.0 Å². The van der Waals surface area contributed by atoms with E-state index in [9.17, 15) is 18.4 Å². The van der Waals surface area contributed by atoms with E-state index in [1.54, 1.807) is 26.0 Å². The highest BCUT2D eigenvalue weighted by Gasteiger charge is 2.44. The minimum atomic E-state index is -2.67. The number of carbonyl (C=O) groups excluding carboxylic acids is 2. The second-order valence-electron chi connectivity index (χ2n) is 5.07. The van der Waals surface area contributed by atoms with Crippen LogP contribution in [0.5, 0.6) is 0 Å². The van der Waals surface area contributed by atoms with Crippen molar-refractivity contribution in [2.75, 3.05) is 11.4 Å². The average molecular weight is 296 g/mol. The van der Waals surface area contributed by atoms with Gasteiger partial charge in [-0.25, -0.2) is 8.78 Å². The second kappa shape index (κ2) is 5.79. The molecule has 0 aliphatic carbocycles. The van der Waals surface area contributed by atoms with Crippen molar-refractivity contribution in [1.29, 1.82) is 0 Å². The molecule has 0 radical (unpaired) electrons. The normalized spacial score (nSPS) is 17.5. The molecule has 6 heteroatoms. The van der Waals surface area contributed by atoms with Gasteiger partial charge in [0.05, 0.1) is 17.8 Å². The fourth-order valence-electron chi connectivity index (χ4n) is 2.66. The van der Waals surface area contributed by atoms with Crippen LogP contribution in [0.15, 0.2) is 24.3 Å². The standard InChI is InChI=1S/C15H18F2N2O2/c1-3-15(4-2)14(21)19(9-12(16)17)11-8-6-5-7-10(11)13(20)18-15/h5-8,12H,3-4,9H2,1-2H3,(H,18,20). The van der Waals surface area contributed by atoms with Gasteiger partial charge in [0.1, 0.15) is 5.54 Å². The molecule has 4 nitrogen and oxygen atoms in total. The van der Waals surface area contributed by atoms with E-state index in [1.807, 2.05) is 0 Å². The van der Waals surface area contributed by atoms with E-state index in [-0.39, 0.29) is 11.3 Å². The van der Waals surface area contributed by atoms with E-state index >= 15 is 0 Å². The number of para-hydroxylation sites is 1. The smallest absolute Gasteiger partial charge is 0.256 e. The summed E-state index contributed by atoms with van der Waals surface area (Å²) in [4.78, 5) is 26.1. The third kappa shape index (κ3) is 2.62. The Morgan fingerprint density at radius 3 is 2.38 bits per heavy atom. The zero-order chi connectivity index (χ0) is 15.6. The van der Waals surface area contributed by atoms with Gasteiger partial charge in [0.25, 0.3) is 18.2 Å². The van der Waals surface area contributed by atoms with Gasteiger partial charge in [-0.05, 0) is 25.0 Å². The summed E-state index contributed by atoms with van der Waals surface area (Å²) in [6, 6.07) is 6.34. The molecular weight excluding hydrogens is 278 g/mol. The largest absolute Gasteiger partial charge is 0.338 e. The fourth-order valence-corrected chi connectivity index (χ4v) is 2.66. The Bertz CT molecular complexity index is 556. The molecule has 1 heterocycles. The molecule has 1 aromatic rings. The van der Waals surface area contributed by atoms with Crippen molar-refractivity contribution < 1.29 is 18.4 Å².